The average Bonchev–Trinajstić information content (AvgIpc) is 2.63. The van der Waals surface area contributed by atoms with Gasteiger partial charge in [0.1, 0.15) is 0 Å². The topological polar surface area (TPSA) is 15.3 Å². The van der Waals surface area contributed by atoms with Gasteiger partial charge in [-0.1, -0.05) is 19.8 Å². The Hall–Kier alpha value is -0.0800. The van der Waals surface area contributed by atoms with Crippen LogP contribution in [0.1, 0.15) is 46.0 Å². The van der Waals surface area contributed by atoms with Gasteiger partial charge >= 0.3 is 0 Å². The molecule has 2 heteroatoms. The summed E-state index contributed by atoms with van der Waals surface area (Å²) in [6.07, 6.45) is 6.86. The van der Waals surface area contributed by atoms with Gasteiger partial charge in [0.05, 0.1) is 0 Å². The highest BCUT2D eigenvalue weighted by atomic mass is 15.2. The number of nitrogens with one attached hydrogen (secondary N) is 1. The maximum Gasteiger partial charge on any atom is 0.0123 e. The largest absolute Gasteiger partial charge is 0.311 e. The Morgan fingerprint density at radius 1 is 1.33 bits per heavy atom. The van der Waals surface area contributed by atoms with Crippen LogP contribution in [-0.2, 0) is 0 Å². The summed E-state index contributed by atoms with van der Waals surface area (Å²) in [6, 6.07) is 1.54. The van der Waals surface area contributed by atoms with E-state index in [1.807, 2.05) is 0 Å². The fourth-order valence-electron chi connectivity index (χ4n) is 3.13. The number of unbranched alkanes of at least 4 members (excludes halogenated alkanes) is 1. The lowest BCUT2D eigenvalue weighted by atomic mass is 9.93. The van der Waals surface area contributed by atoms with E-state index in [0.717, 1.165) is 18.0 Å². The van der Waals surface area contributed by atoms with Crippen LogP contribution in [0.4, 0.5) is 0 Å². The molecule has 0 aliphatic carbocycles. The van der Waals surface area contributed by atoms with Crippen LogP contribution in [0.3, 0.4) is 0 Å². The second-order valence-electron chi connectivity index (χ2n) is 5.45. The SMILES string of the molecule is CCCCC(C)NC1CCN2CCC1C2. The van der Waals surface area contributed by atoms with Crippen LogP contribution in [0.2, 0.25) is 0 Å². The maximum absolute atomic E-state index is 3.85. The summed E-state index contributed by atoms with van der Waals surface area (Å²) in [5.74, 6) is 0.947. The summed E-state index contributed by atoms with van der Waals surface area (Å²) in [7, 11) is 0. The van der Waals surface area contributed by atoms with Crippen LogP contribution < -0.4 is 5.32 Å². The van der Waals surface area contributed by atoms with E-state index in [1.54, 1.807) is 0 Å². The van der Waals surface area contributed by atoms with Crippen molar-refractivity contribution in [2.45, 2.75) is 58.0 Å². The number of rotatable bonds is 5. The Balaban J connectivity index is 1.73. The highest BCUT2D eigenvalue weighted by molar-refractivity contribution is 4.91. The zero-order valence-electron chi connectivity index (χ0n) is 10.3. The monoisotopic (exact) mass is 210 g/mol. The van der Waals surface area contributed by atoms with E-state index < -0.39 is 0 Å². The molecular formula is C13H26N2. The van der Waals surface area contributed by atoms with Crippen molar-refractivity contribution in [1.29, 1.82) is 0 Å². The van der Waals surface area contributed by atoms with Gasteiger partial charge in [-0.3, -0.25) is 0 Å². The molecule has 0 amide bonds. The van der Waals surface area contributed by atoms with Crippen molar-refractivity contribution in [2.75, 3.05) is 19.6 Å². The van der Waals surface area contributed by atoms with E-state index in [1.165, 1.54) is 51.7 Å². The van der Waals surface area contributed by atoms with Gasteiger partial charge in [0.25, 0.3) is 0 Å². The summed E-state index contributed by atoms with van der Waals surface area (Å²) < 4.78 is 0. The molecule has 88 valence electrons. The van der Waals surface area contributed by atoms with Gasteiger partial charge in [-0.2, -0.15) is 0 Å². The maximum atomic E-state index is 3.85. The average molecular weight is 210 g/mol. The summed E-state index contributed by atoms with van der Waals surface area (Å²) in [5, 5.41) is 3.85. The lowest BCUT2D eigenvalue weighted by Gasteiger charge is -2.33. The van der Waals surface area contributed by atoms with E-state index in [0.29, 0.717) is 0 Å². The molecule has 1 N–H and O–H groups in total. The molecule has 2 rings (SSSR count). The molecule has 4 unspecified atom stereocenters. The lowest BCUT2D eigenvalue weighted by molar-refractivity contribution is 0.209. The highest BCUT2D eigenvalue weighted by Gasteiger charge is 2.34. The van der Waals surface area contributed by atoms with Crippen molar-refractivity contribution >= 4 is 0 Å². The minimum atomic E-state index is 0.724. The van der Waals surface area contributed by atoms with Crippen molar-refractivity contribution in [2.24, 2.45) is 5.92 Å². The van der Waals surface area contributed by atoms with Crippen LogP contribution in [0.25, 0.3) is 0 Å². The van der Waals surface area contributed by atoms with Crippen molar-refractivity contribution < 1.29 is 0 Å². The molecule has 4 atom stereocenters. The van der Waals surface area contributed by atoms with Gasteiger partial charge in [0.15, 0.2) is 0 Å². The minimum absolute atomic E-state index is 0.724. The molecule has 2 heterocycles. The Morgan fingerprint density at radius 2 is 2.13 bits per heavy atom. The van der Waals surface area contributed by atoms with Crippen LogP contribution in [-0.4, -0.2) is 36.6 Å². The summed E-state index contributed by atoms with van der Waals surface area (Å²) in [6.45, 7) is 8.68. The molecule has 0 aromatic rings. The molecule has 0 aromatic heterocycles. The summed E-state index contributed by atoms with van der Waals surface area (Å²) in [4.78, 5) is 2.62. The van der Waals surface area contributed by atoms with Crippen LogP contribution in [0.15, 0.2) is 0 Å². The first kappa shape index (κ1) is 11.4. The Bertz CT molecular complexity index is 193. The van der Waals surface area contributed by atoms with E-state index in [4.69, 9.17) is 0 Å². The second kappa shape index (κ2) is 5.31. The molecule has 0 radical (unpaired) electrons. The van der Waals surface area contributed by atoms with E-state index in [9.17, 15) is 0 Å². The van der Waals surface area contributed by atoms with Crippen LogP contribution in [0.5, 0.6) is 0 Å². The molecule has 0 spiro atoms. The zero-order chi connectivity index (χ0) is 10.7. The van der Waals surface area contributed by atoms with Crippen molar-refractivity contribution in [1.82, 2.24) is 10.2 Å². The van der Waals surface area contributed by atoms with Crippen molar-refractivity contribution in [3.8, 4) is 0 Å². The third-order valence-corrected chi connectivity index (χ3v) is 4.12. The molecule has 2 saturated heterocycles. The number of fused-ring (bicyclic) bond motifs is 2. The first-order valence-electron chi connectivity index (χ1n) is 6.78. The Labute approximate surface area is 94.4 Å². The molecule has 2 bridgehead atoms. The first-order chi connectivity index (χ1) is 7.29. The third-order valence-electron chi connectivity index (χ3n) is 4.12. The van der Waals surface area contributed by atoms with Gasteiger partial charge in [0.2, 0.25) is 0 Å². The van der Waals surface area contributed by atoms with Gasteiger partial charge < -0.3 is 10.2 Å². The van der Waals surface area contributed by atoms with Gasteiger partial charge in [-0.15, -0.1) is 0 Å². The number of nitrogens with zero attached hydrogens (tertiary/aromatic N) is 1. The first-order valence-corrected chi connectivity index (χ1v) is 6.78. The summed E-state index contributed by atoms with van der Waals surface area (Å²) in [5.41, 5.74) is 0. The van der Waals surface area contributed by atoms with E-state index >= 15 is 0 Å². The second-order valence-corrected chi connectivity index (χ2v) is 5.45. The minimum Gasteiger partial charge on any atom is -0.311 e. The molecule has 0 saturated carbocycles. The molecule has 2 fully saturated rings. The van der Waals surface area contributed by atoms with Crippen molar-refractivity contribution in [3.05, 3.63) is 0 Å². The van der Waals surface area contributed by atoms with Crippen LogP contribution >= 0.6 is 0 Å². The number of hydrogen-bond donors (Lipinski definition) is 1. The van der Waals surface area contributed by atoms with Crippen LogP contribution in [0, 0.1) is 5.92 Å². The van der Waals surface area contributed by atoms with Gasteiger partial charge in [-0.25, -0.2) is 0 Å². The molecule has 2 aliphatic heterocycles. The van der Waals surface area contributed by atoms with E-state index in [2.05, 4.69) is 24.1 Å². The molecule has 0 aromatic carbocycles. The fourth-order valence-corrected chi connectivity index (χ4v) is 3.13. The molecule has 2 aliphatic rings. The molecular weight excluding hydrogens is 184 g/mol. The fraction of sp³-hybridized carbons (Fsp3) is 1.00. The lowest BCUT2D eigenvalue weighted by Crippen LogP contribution is -2.47. The van der Waals surface area contributed by atoms with Gasteiger partial charge in [0, 0.05) is 18.6 Å². The quantitative estimate of drug-likeness (QED) is 0.749. The predicted octanol–water partition coefficient (Wildman–Crippen LogP) is 2.25. The third kappa shape index (κ3) is 2.94. The Morgan fingerprint density at radius 3 is 2.93 bits per heavy atom. The van der Waals surface area contributed by atoms with Crippen molar-refractivity contribution in [3.63, 3.8) is 0 Å². The van der Waals surface area contributed by atoms with Gasteiger partial charge in [-0.05, 0) is 45.2 Å². The normalized spacial score (nSPS) is 36.8. The Kier molecular flexibility index (Phi) is 4.04. The van der Waals surface area contributed by atoms with E-state index in [-0.39, 0.29) is 0 Å². The zero-order valence-corrected chi connectivity index (χ0v) is 10.3. The highest BCUT2D eigenvalue weighted by Crippen LogP contribution is 2.27. The number of hydrogen-bond acceptors (Lipinski definition) is 2. The number of piperidine rings is 1. The standard InChI is InChI=1S/C13H26N2/c1-3-4-5-11(2)14-13-7-9-15-8-6-12(13)10-15/h11-14H,3-10H2,1-2H3. The molecule has 15 heavy (non-hydrogen) atoms. The molecule has 2 nitrogen and oxygen atoms in total. The smallest absolute Gasteiger partial charge is 0.0123 e. The summed E-state index contributed by atoms with van der Waals surface area (Å²) >= 11 is 0. The predicted molar refractivity (Wildman–Crippen MR) is 65.1 cm³/mol.